The number of anilines is 1. The molecule has 6 heteroatoms. The molecule has 1 aromatic heterocycles. The van der Waals surface area contributed by atoms with Gasteiger partial charge in [-0.25, -0.2) is 4.39 Å². The van der Waals surface area contributed by atoms with Crippen LogP contribution in [0.3, 0.4) is 0 Å². The first kappa shape index (κ1) is 17.5. The van der Waals surface area contributed by atoms with Crippen LogP contribution in [-0.4, -0.2) is 5.91 Å². The van der Waals surface area contributed by atoms with Crippen LogP contribution in [0.5, 0.6) is 0 Å². The number of halogens is 1. The molecule has 0 unspecified atom stereocenters. The van der Waals surface area contributed by atoms with E-state index in [0.29, 0.717) is 11.3 Å². The van der Waals surface area contributed by atoms with Crippen LogP contribution in [0.1, 0.15) is 34.6 Å². The van der Waals surface area contributed by atoms with E-state index in [1.54, 1.807) is 27.4 Å². The highest BCUT2D eigenvalue weighted by Gasteiger charge is 2.43. The fraction of sp³-hybridized carbons (Fsp3) is 0.200. The Morgan fingerprint density at radius 1 is 1.15 bits per heavy atom. The summed E-state index contributed by atoms with van der Waals surface area (Å²) in [6, 6.07) is 12.1. The Balaban J connectivity index is 1.99. The van der Waals surface area contributed by atoms with Gasteiger partial charge in [0, 0.05) is 16.7 Å². The molecular formula is C20H16FNOS3. The van der Waals surface area contributed by atoms with Gasteiger partial charge in [-0.1, -0.05) is 50.6 Å². The Labute approximate surface area is 163 Å². The lowest BCUT2D eigenvalue weighted by molar-refractivity contribution is 0.0961. The Hall–Kier alpha value is -1.89. The second-order valence-electron chi connectivity index (χ2n) is 6.89. The summed E-state index contributed by atoms with van der Waals surface area (Å²) >= 11 is 5.53. The third-order valence-electron chi connectivity index (χ3n) is 4.68. The molecule has 0 saturated carbocycles. The monoisotopic (exact) mass is 401 g/mol. The predicted octanol–water partition coefficient (Wildman–Crippen LogP) is 6.55. The Bertz CT molecular complexity index is 1100. The van der Waals surface area contributed by atoms with Crippen LogP contribution in [0.25, 0.3) is 11.1 Å². The van der Waals surface area contributed by atoms with Gasteiger partial charge in [-0.2, -0.15) is 0 Å². The van der Waals surface area contributed by atoms with E-state index in [1.165, 1.54) is 22.5 Å². The molecule has 1 aliphatic heterocycles. The number of rotatable bonds is 1. The molecule has 0 spiro atoms. The molecule has 2 aromatic carbocycles. The molecule has 0 aliphatic carbocycles. The molecule has 3 aromatic rings. The number of benzene rings is 2. The highest BCUT2D eigenvalue weighted by molar-refractivity contribution is 7.80. The van der Waals surface area contributed by atoms with Gasteiger partial charge in [0.2, 0.25) is 0 Å². The standard InChI is InChI=1S/C20H16FNOS3/c1-11-5-4-6-12(9-11)18(23)22-15-10-13(21)7-8-14(15)16-17(20(22,2)3)25-26-19(16)24/h4-10H,1-3H3. The number of nitrogens with zero attached hydrogens (tertiary/aromatic N) is 1. The SMILES string of the molecule is Cc1cccc(C(=O)N2c3cc(F)ccc3-c3c(ssc3=S)C2(C)C)c1. The van der Waals surface area contributed by atoms with E-state index in [4.69, 9.17) is 12.2 Å². The van der Waals surface area contributed by atoms with Crippen molar-refractivity contribution in [3.05, 3.63) is 68.1 Å². The van der Waals surface area contributed by atoms with Crippen LogP contribution in [0, 0.1) is 16.6 Å². The molecular weight excluding hydrogens is 385 g/mol. The van der Waals surface area contributed by atoms with Crippen LogP contribution >= 0.6 is 32.9 Å². The number of carbonyl (C=O) groups excluding carboxylic acids is 1. The first-order chi connectivity index (χ1) is 12.3. The largest absolute Gasteiger partial charge is 0.297 e. The lowest BCUT2D eigenvalue weighted by atomic mass is 9.86. The number of aryl methyl sites for hydroxylation is 1. The molecule has 2 nitrogen and oxygen atoms in total. The third kappa shape index (κ3) is 2.55. The van der Waals surface area contributed by atoms with Crippen molar-refractivity contribution in [1.82, 2.24) is 0 Å². The van der Waals surface area contributed by atoms with Gasteiger partial charge < -0.3 is 0 Å². The molecule has 0 saturated heterocycles. The van der Waals surface area contributed by atoms with Gasteiger partial charge in [-0.05, 0) is 51.1 Å². The molecule has 0 atom stereocenters. The van der Waals surface area contributed by atoms with E-state index in [9.17, 15) is 9.18 Å². The molecule has 0 bridgehead atoms. The van der Waals surface area contributed by atoms with E-state index in [2.05, 4.69) is 0 Å². The summed E-state index contributed by atoms with van der Waals surface area (Å²) in [6.45, 7) is 5.94. The van der Waals surface area contributed by atoms with Gasteiger partial charge >= 0.3 is 0 Å². The van der Waals surface area contributed by atoms with Gasteiger partial charge in [0.1, 0.15) is 9.64 Å². The lowest BCUT2D eigenvalue weighted by Gasteiger charge is -2.43. The maximum atomic E-state index is 14.1. The van der Waals surface area contributed by atoms with E-state index in [1.807, 2.05) is 39.0 Å². The molecule has 4 rings (SSSR count). The highest BCUT2D eigenvalue weighted by Crippen LogP contribution is 2.52. The summed E-state index contributed by atoms with van der Waals surface area (Å²) < 4.78 is 14.9. The topological polar surface area (TPSA) is 20.3 Å². The van der Waals surface area contributed by atoms with Crippen molar-refractivity contribution in [2.24, 2.45) is 0 Å². The number of hydrogen-bond acceptors (Lipinski definition) is 4. The van der Waals surface area contributed by atoms with Crippen LogP contribution in [-0.2, 0) is 5.54 Å². The molecule has 0 N–H and O–H groups in total. The molecule has 132 valence electrons. The first-order valence-corrected chi connectivity index (χ1v) is 10.7. The maximum absolute atomic E-state index is 14.1. The number of hydrogen-bond donors (Lipinski definition) is 0. The molecule has 0 radical (unpaired) electrons. The lowest BCUT2D eigenvalue weighted by Crippen LogP contribution is -2.47. The fourth-order valence-electron chi connectivity index (χ4n) is 3.47. The number of amides is 1. The first-order valence-electron chi connectivity index (χ1n) is 8.15. The normalized spacial score (nSPS) is 14.7. The van der Waals surface area contributed by atoms with Crippen LogP contribution in [0.2, 0.25) is 0 Å². The van der Waals surface area contributed by atoms with E-state index in [-0.39, 0.29) is 11.7 Å². The maximum Gasteiger partial charge on any atom is 0.259 e. The smallest absolute Gasteiger partial charge is 0.259 e. The van der Waals surface area contributed by atoms with Crippen LogP contribution in [0.4, 0.5) is 10.1 Å². The average Bonchev–Trinajstić information content (AvgIpc) is 2.97. The second-order valence-corrected chi connectivity index (χ2v) is 9.71. The summed E-state index contributed by atoms with van der Waals surface area (Å²) in [5, 5.41) is 0. The molecule has 1 amide bonds. The number of fused-ring (bicyclic) bond motifs is 3. The van der Waals surface area contributed by atoms with Gasteiger partial charge in [-0.3, -0.25) is 9.69 Å². The predicted molar refractivity (Wildman–Crippen MR) is 109 cm³/mol. The van der Waals surface area contributed by atoms with Gasteiger partial charge in [0.25, 0.3) is 5.91 Å². The van der Waals surface area contributed by atoms with Crippen molar-refractivity contribution >= 4 is 44.5 Å². The van der Waals surface area contributed by atoms with E-state index >= 15 is 0 Å². The highest BCUT2D eigenvalue weighted by atomic mass is 32.9. The van der Waals surface area contributed by atoms with Crippen LogP contribution < -0.4 is 4.90 Å². The van der Waals surface area contributed by atoms with Crippen molar-refractivity contribution in [2.45, 2.75) is 26.3 Å². The third-order valence-corrected chi connectivity index (χ3v) is 8.01. The summed E-state index contributed by atoms with van der Waals surface area (Å²) in [6.07, 6.45) is 0. The second kappa shape index (κ2) is 6.08. The Morgan fingerprint density at radius 2 is 1.92 bits per heavy atom. The zero-order valence-electron chi connectivity index (χ0n) is 14.5. The molecule has 0 fully saturated rings. The van der Waals surface area contributed by atoms with Gasteiger partial charge in [0.15, 0.2) is 0 Å². The fourth-order valence-corrected chi connectivity index (χ4v) is 6.75. The van der Waals surface area contributed by atoms with Crippen molar-refractivity contribution in [2.75, 3.05) is 4.90 Å². The minimum Gasteiger partial charge on any atom is -0.297 e. The molecule has 1 aliphatic rings. The average molecular weight is 402 g/mol. The zero-order chi connectivity index (χ0) is 18.6. The number of carbonyl (C=O) groups is 1. The molecule has 26 heavy (non-hydrogen) atoms. The zero-order valence-corrected chi connectivity index (χ0v) is 16.9. The van der Waals surface area contributed by atoms with E-state index < -0.39 is 5.54 Å². The van der Waals surface area contributed by atoms with E-state index in [0.717, 1.165) is 25.4 Å². The van der Waals surface area contributed by atoms with Crippen LogP contribution in [0.15, 0.2) is 42.5 Å². The quantitative estimate of drug-likeness (QED) is 0.340. The minimum absolute atomic E-state index is 0.138. The summed E-state index contributed by atoms with van der Waals surface area (Å²) in [5.74, 6) is -0.504. The molecule has 2 heterocycles. The summed E-state index contributed by atoms with van der Waals surface area (Å²) in [5.41, 5.74) is 3.35. The minimum atomic E-state index is -0.616. The summed E-state index contributed by atoms with van der Waals surface area (Å²) in [7, 11) is 3.12. The van der Waals surface area contributed by atoms with Crippen molar-refractivity contribution < 1.29 is 9.18 Å². The van der Waals surface area contributed by atoms with Gasteiger partial charge in [0.05, 0.1) is 16.1 Å². The van der Waals surface area contributed by atoms with Crippen molar-refractivity contribution in [1.29, 1.82) is 0 Å². The van der Waals surface area contributed by atoms with Crippen molar-refractivity contribution in [3.63, 3.8) is 0 Å². The van der Waals surface area contributed by atoms with Crippen molar-refractivity contribution in [3.8, 4) is 11.1 Å². The summed E-state index contributed by atoms with van der Waals surface area (Å²) in [4.78, 5) is 16.2. The van der Waals surface area contributed by atoms with Gasteiger partial charge in [-0.15, -0.1) is 0 Å². The Kier molecular flexibility index (Phi) is 4.10. The Morgan fingerprint density at radius 3 is 2.65 bits per heavy atom.